The van der Waals surface area contributed by atoms with Crippen molar-refractivity contribution >= 4 is 27.5 Å². The van der Waals surface area contributed by atoms with Gasteiger partial charge in [-0.15, -0.1) is 0 Å². The SMILES string of the molecule is CCC(C(=O)NC1CCCC1)N(Cc1ccccc1)C(=O)CN(c1ccc(F)cc1)S(=O)(=O)c1ccc(OC)cc1. The van der Waals surface area contributed by atoms with Crippen molar-refractivity contribution in [1.29, 1.82) is 0 Å². The predicted molar refractivity (Wildman–Crippen MR) is 155 cm³/mol. The number of amides is 2. The molecule has 3 aromatic carbocycles. The zero-order valence-electron chi connectivity index (χ0n) is 23.3. The quantitative estimate of drug-likeness (QED) is 0.329. The Morgan fingerprint density at radius 3 is 2.20 bits per heavy atom. The third-order valence-electron chi connectivity index (χ3n) is 7.32. The molecule has 1 unspecified atom stereocenters. The standard InChI is InChI=1S/C31H36FN3O5S/c1-3-29(31(37)33-25-11-7-8-12-25)34(21-23-9-5-4-6-10-23)30(36)22-35(26-15-13-24(32)14-16-26)41(38,39)28-19-17-27(40-2)18-20-28/h4-6,9-10,13-20,25,29H,3,7-8,11-12,21-22H2,1-2H3,(H,33,37). The highest BCUT2D eigenvalue weighted by Crippen LogP contribution is 2.27. The van der Waals surface area contributed by atoms with E-state index in [0.717, 1.165) is 47.7 Å². The summed E-state index contributed by atoms with van der Waals surface area (Å²) in [6.45, 7) is 1.37. The number of hydrogen-bond donors (Lipinski definition) is 1. The van der Waals surface area contributed by atoms with E-state index in [1.54, 1.807) is 0 Å². The van der Waals surface area contributed by atoms with E-state index in [0.29, 0.717) is 12.2 Å². The largest absolute Gasteiger partial charge is 0.497 e. The van der Waals surface area contributed by atoms with Crippen molar-refractivity contribution in [2.24, 2.45) is 0 Å². The average molecular weight is 582 g/mol. The van der Waals surface area contributed by atoms with Gasteiger partial charge in [0.25, 0.3) is 10.0 Å². The number of carbonyl (C=O) groups excluding carboxylic acids is 2. The van der Waals surface area contributed by atoms with Gasteiger partial charge in [0.2, 0.25) is 11.8 Å². The molecule has 218 valence electrons. The number of rotatable bonds is 12. The van der Waals surface area contributed by atoms with Crippen LogP contribution in [-0.4, -0.2) is 50.9 Å². The molecule has 0 bridgehead atoms. The predicted octanol–water partition coefficient (Wildman–Crippen LogP) is 4.90. The number of sulfonamides is 1. The first-order valence-electron chi connectivity index (χ1n) is 13.8. The number of benzene rings is 3. The molecule has 2 amide bonds. The Bertz CT molecular complexity index is 1410. The minimum absolute atomic E-state index is 0.0592. The zero-order valence-corrected chi connectivity index (χ0v) is 24.1. The van der Waals surface area contributed by atoms with E-state index in [1.165, 1.54) is 48.4 Å². The Labute approximate surface area is 241 Å². The number of ether oxygens (including phenoxy) is 1. The Morgan fingerprint density at radius 2 is 1.61 bits per heavy atom. The van der Waals surface area contributed by atoms with Crippen LogP contribution in [0.4, 0.5) is 10.1 Å². The van der Waals surface area contributed by atoms with Crippen LogP contribution in [0.1, 0.15) is 44.6 Å². The molecule has 0 aliphatic heterocycles. The van der Waals surface area contributed by atoms with Gasteiger partial charge in [-0.1, -0.05) is 50.1 Å². The number of methoxy groups -OCH3 is 1. The van der Waals surface area contributed by atoms with Crippen LogP contribution >= 0.6 is 0 Å². The third kappa shape index (κ3) is 7.43. The van der Waals surface area contributed by atoms with Gasteiger partial charge in [0.05, 0.1) is 17.7 Å². The molecule has 0 aromatic heterocycles. The Morgan fingerprint density at radius 1 is 0.976 bits per heavy atom. The highest BCUT2D eigenvalue weighted by Gasteiger charge is 2.34. The molecule has 0 heterocycles. The first-order chi connectivity index (χ1) is 19.7. The van der Waals surface area contributed by atoms with Crippen molar-refractivity contribution in [3.63, 3.8) is 0 Å². The van der Waals surface area contributed by atoms with E-state index >= 15 is 0 Å². The lowest BCUT2D eigenvalue weighted by atomic mass is 10.1. The van der Waals surface area contributed by atoms with E-state index in [4.69, 9.17) is 4.74 Å². The summed E-state index contributed by atoms with van der Waals surface area (Å²) in [7, 11) is -2.78. The van der Waals surface area contributed by atoms with E-state index in [1.807, 2.05) is 37.3 Å². The molecular formula is C31H36FN3O5S. The van der Waals surface area contributed by atoms with Gasteiger partial charge in [-0.2, -0.15) is 0 Å². The van der Waals surface area contributed by atoms with Gasteiger partial charge in [-0.25, -0.2) is 12.8 Å². The molecule has 1 aliphatic carbocycles. The van der Waals surface area contributed by atoms with E-state index in [2.05, 4.69) is 5.32 Å². The second-order valence-corrected chi connectivity index (χ2v) is 11.9. The summed E-state index contributed by atoms with van der Waals surface area (Å²) in [4.78, 5) is 28.9. The van der Waals surface area contributed by atoms with Crippen LogP contribution in [0.3, 0.4) is 0 Å². The second-order valence-electron chi connectivity index (χ2n) is 10.1. The van der Waals surface area contributed by atoms with Crippen LogP contribution in [0.15, 0.2) is 83.8 Å². The number of anilines is 1. The number of nitrogens with one attached hydrogen (secondary N) is 1. The van der Waals surface area contributed by atoms with Crippen molar-refractivity contribution in [1.82, 2.24) is 10.2 Å². The number of hydrogen-bond acceptors (Lipinski definition) is 5. The van der Waals surface area contributed by atoms with Gasteiger partial charge in [0.15, 0.2) is 0 Å². The fourth-order valence-electron chi connectivity index (χ4n) is 5.08. The van der Waals surface area contributed by atoms with E-state index in [-0.39, 0.29) is 29.1 Å². The topological polar surface area (TPSA) is 96.0 Å². The maximum atomic E-state index is 14.1. The van der Waals surface area contributed by atoms with E-state index in [9.17, 15) is 22.4 Å². The van der Waals surface area contributed by atoms with Gasteiger partial charge in [0, 0.05) is 12.6 Å². The second kappa shape index (κ2) is 13.6. The van der Waals surface area contributed by atoms with Gasteiger partial charge < -0.3 is 15.0 Å². The van der Waals surface area contributed by atoms with Crippen LogP contribution in [0.25, 0.3) is 0 Å². The number of halogens is 1. The highest BCUT2D eigenvalue weighted by molar-refractivity contribution is 7.92. The van der Waals surface area contributed by atoms with Gasteiger partial charge >= 0.3 is 0 Å². The smallest absolute Gasteiger partial charge is 0.264 e. The van der Waals surface area contributed by atoms with Crippen LogP contribution in [0.2, 0.25) is 0 Å². The van der Waals surface area contributed by atoms with Gasteiger partial charge in [-0.05, 0) is 73.4 Å². The molecule has 0 saturated heterocycles. The van der Waals surface area contributed by atoms with Crippen LogP contribution in [0, 0.1) is 5.82 Å². The summed E-state index contributed by atoms with van der Waals surface area (Å²) in [5, 5.41) is 3.09. The molecule has 1 aliphatic rings. The zero-order chi connectivity index (χ0) is 29.4. The number of nitrogens with zero attached hydrogens (tertiary/aromatic N) is 2. The Hall–Kier alpha value is -3.92. The maximum Gasteiger partial charge on any atom is 0.264 e. The average Bonchev–Trinajstić information content (AvgIpc) is 3.49. The molecule has 10 heteroatoms. The lowest BCUT2D eigenvalue weighted by Gasteiger charge is -2.33. The first kappa shape index (κ1) is 30.0. The lowest BCUT2D eigenvalue weighted by Crippen LogP contribution is -2.53. The molecule has 0 spiro atoms. The molecule has 4 rings (SSSR count). The molecule has 8 nitrogen and oxygen atoms in total. The summed E-state index contributed by atoms with van der Waals surface area (Å²) >= 11 is 0. The fraction of sp³-hybridized carbons (Fsp3) is 0.355. The summed E-state index contributed by atoms with van der Waals surface area (Å²) in [5.74, 6) is -0.873. The van der Waals surface area contributed by atoms with Gasteiger partial charge in [0.1, 0.15) is 24.2 Å². The Kier molecular flexibility index (Phi) is 9.99. The molecule has 3 aromatic rings. The van der Waals surface area contributed by atoms with Crippen molar-refractivity contribution in [2.75, 3.05) is 18.0 Å². The third-order valence-corrected chi connectivity index (χ3v) is 9.11. The fourth-order valence-corrected chi connectivity index (χ4v) is 6.49. The van der Waals surface area contributed by atoms with Crippen molar-refractivity contribution < 1.29 is 27.1 Å². The molecule has 0 radical (unpaired) electrons. The Balaban J connectivity index is 1.69. The molecular weight excluding hydrogens is 545 g/mol. The first-order valence-corrected chi connectivity index (χ1v) is 15.2. The van der Waals surface area contributed by atoms with Crippen molar-refractivity contribution in [2.45, 2.75) is 62.6 Å². The van der Waals surface area contributed by atoms with Crippen LogP contribution in [0.5, 0.6) is 5.75 Å². The molecule has 1 fully saturated rings. The minimum atomic E-state index is -4.26. The van der Waals surface area contributed by atoms with Crippen molar-refractivity contribution in [3.05, 3.63) is 90.2 Å². The monoisotopic (exact) mass is 581 g/mol. The molecule has 1 saturated carbocycles. The minimum Gasteiger partial charge on any atom is -0.497 e. The van der Waals surface area contributed by atoms with Crippen LogP contribution < -0.4 is 14.4 Å². The molecule has 41 heavy (non-hydrogen) atoms. The van der Waals surface area contributed by atoms with Crippen LogP contribution in [-0.2, 0) is 26.2 Å². The number of carbonyl (C=O) groups is 2. The molecule has 1 N–H and O–H groups in total. The summed E-state index contributed by atoms with van der Waals surface area (Å²) in [5.41, 5.74) is 0.929. The summed E-state index contributed by atoms with van der Waals surface area (Å²) in [6.07, 6.45) is 4.23. The summed E-state index contributed by atoms with van der Waals surface area (Å²) < 4.78 is 47.7. The molecule has 1 atom stereocenters. The summed E-state index contributed by atoms with van der Waals surface area (Å²) in [6, 6.07) is 19.2. The normalized spacial score (nSPS) is 14.3. The van der Waals surface area contributed by atoms with Gasteiger partial charge in [-0.3, -0.25) is 13.9 Å². The maximum absolute atomic E-state index is 14.1. The van der Waals surface area contributed by atoms with Crippen molar-refractivity contribution in [3.8, 4) is 5.75 Å². The van der Waals surface area contributed by atoms with E-state index < -0.39 is 34.3 Å². The highest BCUT2D eigenvalue weighted by atomic mass is 32.2. The lowest BCUT2D eigenvalue weighted by molar-refractivity contribution is -0.140.